The molecule has 6 nitrogen and oxygen atoms in total. The molecule has 0 aromatic heterocycles. The van der Waals surface area contributed by atoms with Crippen LogP contribution >= 0.6 is 0 Å². The second kappa shape index (κ2) is 9.39. The number of likely N-dealkylation sites (tertiary alicyclic amines) is 1. The highest BCUT2D eigenvalue weighted by Crippen LogP contribution is 2.39. The van der Waals surface area contributed by atoms with Gasteiger partial charge < -0.3 is 19.5 Å². The molecule has 0 spiro atoms. The maximum Gasteiger partial charge on any atom is 0.295 e. The van der Waals surface area contributed by atoms with Crippen LogP contribution in [0.5, 0.6) is 5.75 Å². The minimum atomic E-state index is -0.677. The van der Waals surface area contributed by atoms with Crippen molar-refractivity contribution in [3.8, 4) is 5.75 Å². The molecular weight excluding hydrogens is 370 g/mol. The molecule has 6 heteroatoms. The zero-order valence-electron chi connectivity index (χ0n) is 16.6. The maximum atomic E-state index is 12.9. The molecule has 1 amide bonds. The van der Waals surface area contributed by atoms with Crippen LogP contribution in [0.1, 0.15) is 30.5 Å². The van der Waals surface area contributed by atoms with Gasteiger partial charge in [-0.25, -0.2) is 0 Å². The Kier molecular flexibility index (Phi) is 6.67. The molecule has 0 bridgehead atoms. The molecule has 1 fully saturated rings. The highest BCUT2D eigenvalue weighted by Gasteiger charge is 2.45. The third-order valence-electron chi connectivity index (χ3n) is 4.91. The molecule has 29 heavy (non-hydrogen) atoms. The molecule has 0 radical (unpaired) electrons. The first-order valence-electron chi connectivity index (χ1n) is 9.64. The number of ether oxygens (including phenoxy) is 2. The summed E-state index contributed by atoms with van der Waals surface area (Å²) in [7, 11) is 1.55. The first kappa shape index (κ1) is 20.6. The van der Waals surface area contributed by atoms with Gasteiger partial charge in [-0.3, -0.25) is 9.59 Å². The van der Waals surface area contributed by atoms with Crippen molar-refractivity contribution < 1.29 is 24.2 Å². The molecule has 1 N–H and O–H groups in total. The van der Waals surface area contributed by atoms with Crippen molar-refractivity contribution in [2.75, 3.05) is 26.9 Å². The fourth-order valence-electron chi connectivity index (χ4n) is 3.48. The lowest BCUT2D eigenvalue weighted by Crippen LogP contribution is -2.31. The maximum absolute atomic E-state index is 12.9. The van der Waals surface area contributed by atoms with Gasteiger partial charge in [-0.05, 0) is 43.2 Å². The Labute approximate surface area is 170 Å². The summed E-state index contributed by atoms with van der Waals surface area (Å²) in [4.78, 5) is 27.2. The van der Waals surface area contributed by atoms with Crippen molar-refractivity contribution in [1.82, 2.24) is 4.90 Å². The number of carbonyl (C=O) groups excluding carboxylic acids is 2. The molecule has 1 heterocycles. The molecule has 1 aliphatic rings. The lowest BCUT2D eigenvalue weighted by atomic mass is 9.95. The van der Waals surface area contributed by atoms with E-state index in [0.29, 0.717) is 37.5 Å². The highest BCUT2D eigenvalue weighted by molar-refractivity contribution is 6.46. The summed E-state index contributed by atoms with van der Waals surface area (Å²) in [5.74, 6) is -0.835. The average molecular weight is 395 g/mol. The zero-order chi connectivity index (χ0) is 20.8. The van der Waals surface area contributed by atoms with Crippen molar-refractivity contribution >= 4 is 17.4 Å². The van der Waals surface area contributed by atoms with Crippen LogP contribution in [0, 0.1) is 0 Å². The molecule has 152 valence electrons. The van der Waals surface area contributed by atoms with E-state index in [9.17, 15) is 14.7 Å². The van der Waals surface area contributed by atoms with Crippen LogP contribution < -0.4 is 4.74 Å². The fourth-order valence-corrected chi connectivity index (χ4v) is 3.48. The van der Waals surface area contributed by atoms with Crippen LogP contribution in [0.2, 0.25) is 0 Å². The Morgan fingerprint density at radius 3 is 2.38 bits per heavy atom. The number of benzene rings is 2. The SMILES string of the molecule is CCOCCCN1C(=O)C(=O)/C(=C(\O)c2ccc(OC)cc2)C1c1ccccc1. The predicted molar refractivity (Wildman–Crippen MR) is 110 cm³/mol. The summed E-state index contributed by atoms with van der Waals surface area (Å²) in [6, 6.07) is 15.4. The number of hydrogen-bond acceptors (Lipinski definition) is 5. The van der Waals surface area contributed by atoms with Crippen LogP contribution in [-0.4, -0.2) is 48.6 Å². The standard InChI is InChI=1S/C23H25NO5/c1-3-29-15-7-14-24-20(16-8-5-4-6-9-16)19(22(26)23(24)27)21(25)17-10-12-18(28-2)13-11-17/h4-6,8-13,20,25H,3,7,14-15H2,1-2H3/b21-19-. The lowest BCUT2D eigenvalue weighted by Gasteiger charge is -2.25. The normalized spacial score (nSPS) is 18.3. The van der Waals surface area contributed by atoms with Gasteiger partial charge in [-0.15, -0.1) is 0 Å². The van der Waals surface area contributed by atoms with E-state index in [-0.39, 0.29) is 11.3 Å². The average Bonchev–Trinajstić information content (AvgIpc) is 3.01. The van der Waals surface area contributed by atoms with Crippen molar-refractivity contribution in [2.24, 2.45) is 0 Å². The summed E-state index contributed by atoms with van der Waals surface area (Å²) in [6.07, 6.45) is 0.604. The molecule has 1 atom stereocenters. The second-order valence-corrected chi connectivity index (χ2v) is 6.68. The van der Waals surface area contributed by atoms with E-state index in [2.05, 4.69) is 0 Å². The Hall–Kier alpha value is -3.12. The van der Waals surface area contributed by atoms with E-state index in [1.54, 1.807) is 31.4 Å². The number of methoxy groups -OCH3 is 1. The number of rotatable bonds is 8. The molecule has 1 unspecified atom stereocenters. The smallest absolute Gasteiger partial charge is 0.295 e. The van der Waals surface area contributed by atoms with Crippen molar-refractivity contribution in [3.05, 3.63) is 71.3 Å². The van der Waals surface area contributed by atoms with Crippen molar-refractivity contribution in [2.45, 2.75) is 19.4 Å². The van der Waals surface area contributed by atoms with Gasteiger partial charge in [-0.1, -0.05) is 30.3 Å². The van der Waals surface area contributed by atoms with Crippen LogP contribution in [0.15, 0.2) is 60.2 Å². The molecule has 1 aliphatic heterocycles. The van der Waals surface area contributed by atoms with E-state index in [4.69, 9.17) is 9.47 Å². The number of aliphatic hydroxyl groups is 1. The summed E-state index contributed by atoms with van der Waals surface area (Å²) in [5, 5.41) is 10.9. The number of amides is 1. The number of hydrogen-bond donors (Lipinski definition) is 1. The predicted octanol–water partition coefficient (Wildman–Crippen LogP) is 3.54. The van der Waals surface area contributed by atoms with Crippen LogP contribution in [0.25, 0.3) is 5.76 Å². The fraction of sp³-hybridized carbons (Fsp3) is 0.304. The van der Waals surface area contributed by atoms with E-state index >= 15 is 0 Å². The minimum Gasteiger partial charge on any atom is -0.507 e. The Bertz CT molecular complexity index is 889. The lowest BCUT2D eigenvalue weighted by molar-refractivity contribution is -0.140. The van der Waals surface area contributed by atoms with E-state index < -0.39 is 17.7 Å². The van der Waals surface area contributed by atoms with Gasteiger partial charge in [0.25, 0.3) is 11.7 Å². The van der Waals surface area contributed by atoms with Gasteiger partial charge in [0.05, 0.1) is 18.7 Å². The molecule has 3 rings (SSSR count). The van der Waals surface area contributed by atoms with E-state index in [1.807, 2.05) is 37.3 Å². The molecule has 0 aliphatic carbocycles. The third-order valence-corrected chi connectivity index (χ3v) is 4.91. The van der Waals surface area contributed by atoms with E-state index in [1.165, 1.54) is 4.90 Å². The van der Waals surface area contributed by atoms with Gasteiger partial charge in [0.2, 0.25) is 0 Å². The summed E-state index contributed by atoms with van der Waals surface area (Å²) in [5.41, 5.74) is 1.33. The second-order valence-electron chi connectivity index (χ2n) is 6.68. The minimum absolute atomic E-state index is 0.0998. The summed E-state index contributed by atoms with van der Waals surface area (Å²) in [6.45, 7) is 3.37. The Morgan fingerprint density at radius 1 is 1.07 bits per heavy atom. The first-order valence-corrected chi connectivity index (χ1v) is 9.64. The van der Waals surface area contributed by atoms with Crippen LogP contribution in [0.4, 0.5) is 0 Å². The monoisotopic (exact) mass is 395 g/mol. The van der Waals surface area contributed by atoms with Crippen molar-refractivity contribution in [1.29, 1.82) is 0 Å². The topological polar surface area (TPSA) is 76.1 Å². The van der Waals surface area contributed by atoms with Crippen LogP contribution in [0.3, 0.4) is 0 Å². The van der Waals surface area contributed by atoms with Gasteiger partial charge in [0.15, 0.2) is 0 Å². The van der Waals surface area contributed by atoms with Crippen LogP contribution in [-0.2, 0) is 14.3 Å². The highest BCUT2D eigenvalue weighted by atomic mass is 16.5. The summed E-state index contributed by atoms with van der Waals surface area (Å²) < 4.78 is 10.5. The van der Waals surface area contributed by atoms with Gasteiger partial charge >= 0.3 is 0 Å². The number of ketones is 1. The largest absolute Gasteiger partial charge is 0.507 e. The van der Waals surface area contributed by atoms with Gasteiger partial charge in [0, 0.05) is 25.3 Å². The molecule has 0 saturated carbocycles. The summed E-state index contributed by atoms with van der Waals surface area (Å²) >= 11 is 0. The molecule has 1 saturated heterocycles. The molecule has 2 aromatic rings. The van der Waals surface area contributed by atoms with Gasteiger partial charge in [-0.2, -0.15) is 0 Å². The van der Waals surface area contributed by atoms with Crippen molar-refractivity contribution in [3.63, 3.8) is 0 Å². The Balaban J connectivity index is 2.02. The first-order chi connectivity index (χ1) is 14.1. The van der Waals surface area contributed by atoms with E-state index in [0.717, 1.165) is 5.56 Å². The number of carbonyl (C=O) groups is 2. The molecular formula is C23H25NO5. The Morgan fingerprint density at radius 2 is 1.76 bits per heavy atom. The number of aliphatic hydroxyl groups excluding tert-OH is 1. The quantitative estimate of drug-likeness (QED) is 0.320. The van der Waals surface area contributed by atoms with Gasteiger partial charge in [0.1, 0.15) is 11.5 Å². The third kappa shape index (κ3) is 4.32. The number of nitrogens with zero attached hydrogens (tertiary/aromatic N) is 1. The molecule has 2 aromatic carbocycles. The number of Topliss-reactive ketones (excluding diaryl/α,β-unsaturated/α-hetero) is 1. The zero-order valence-corrected chi connectivity index (χ0v) is 16.6.